The van der Waals surface area contributed by atoms with Crippen LogP contribution in [0.4, 0.5) is 11.4 Å². The summed E-state index contributed by atoms with van der Waals surface area (Å²) >= 11 is 0. The van der Waals surface area contributed by atoms with Crippen LogP contribution in [0.2, 0.25) is 0 Å². The molecular formula is C23H26N2O3. The van der Waals surface area contributed by atoms with E-state index in [9.17, 15) is 9.90 Å². The molecule has 0 amide bonds. The maximum Gasteiger partial charge on any atom is 0.259 e. The van der Waals surface area contributed by atoms with Gasteiger partial charge in [0.25, 0.3) is 5.56 Å². The zero-order valence-electron chi connectivity index (χ0n) is 16.5. The lowest BCUT2D eigenvalue weighted by Crippen LogP contribution is -2.19. The van der Waals surface area contributed by atoms with Gasteiger partial charge in [-0.05, 0) is 42.7 Å². The van der Waals surface area contributed by atoms with Crippen LogP contribution in [0.3, 0.4) is 0 Å². The van der Waals surface area contributed by atoms with E-state index in [1.807, 2.05) is 66.5 Å². The Hall–Kier alpha value is -3.21. The summed E-state index contributed by atoms with van der Waals surface area (Å²) in [6.07, 6.45) is 2.60. The van der Waals surface area contributed by atoms with Crippen molar-refractivity contribution >= 4 is 11.4 Å². The van der Waals surface area contributed by atoms with E-state index in [1.54, 1.807) is 7.11 Å². The monoisotopic (exact) mass is 378 g/mol. The normalized spacial score (nSPS) is 10.7. The van der Waals surface area contributed by atoms with Crippen LogP contribution in [-0.4, -0.2) is 24.2 Å². The van der Waals surface area contributed by atoms with E-state index >= 15 is 0 Å². The van der Waals surface area contributed by atoms with Crippen molar-refractivity contribution < 1.29 is 9.84 Å². The van der Waals surface area contributed by atoms with Gasteiger partial charge < -0.3 is 19.7 Å². The van der Waals surface area contributed by atoms with Crippen molar-refractivity contribution in [2.75, 3.05) is 19.1 Å². The Balaban J connectivity index is 2.16. The maximum absolute atomic E-state index is 12.8. The van der Waals surface area contributed by atoms with Gasteiger partial charge in [0.1, 0.15) is 11.4 Å². The first-order valence-electron chi connectivity index (χ1n) is 9.48. The Kier molecular flexibility index (Phi) is 6.04. The highest BCUT2D eigenvalue weighted by Crippen LogP contribution is 2.40. The highest BCUT2D eigenvalue weighted by Gasteiger charge is 2.22. The average Bonchev–Trinajstić information content (AvgIpc) is 2.72. The molecule has 0 unspecified atom stereocenters. The number of nitrogens with one attached hydrogen (secondary N) is 1. The number of aryl methyl sites for hydroxylation is 1. The van der Waals surface area contributed by atoms with Crippen LogP contribution < -0.4 is 15.2 Å². The first-order valence-corrected chi connectivity index (χ1v) is 9.48. The van der Waals surface area contributed by atoms with E-state index in [1.165, 1.54) is 0 Å². The molecule has 0 aliphatic heterocycles. The summed E-state index contributed by atoms with van der Waals surface area (Å²) in [6.45, 7) is 2.10. The fraction of sp³-hybridized carbons (Fsp3) is 0.261. The summed E-state index contributed by atoms with van der Waals surface area (Å²) in [5, 5.41) is 11.1. The van der Waals surface area contributed by atoms with E-state index in [2.05, 4.69) is 11.9 Å². The molecule has 3 rings (SSSR count). The Morgan fingerprint density at radius 2 is 1.75 bits per heavy atom. The van der Waals surface area contributed by atoms with Crippen LogP contribution >= 0.6 is 0 Å². The fourth-order valence-corrected chi connectivity index (χ4v) is 3.33. The standard InChI is InChI=1S/C23H26N2O3/c1-4-5-11-19-21(25(2)17-12-14-18(28-3)15-13-17)22(26)20(23(27)24-19)16-9-7-6-8-10-16/h6-10,12-15H,4-5,11H2,1-3H3,(H2,24,26,27). The lowest BCUT2D eigenvalue weighted by Gasteiger charge is -2.25. The summed E-state index contributed by atoms with van der Waals surface area (Å²) in [6, 6.07) is 16.8. The first-order chi connectivity index (χ1) is 13.6. The number of anilines is 2. The van der Waals surface area contributed by atoms with Crippen LogP contribution in [-0.2, 0) is 6.42 Å². The third-order valence-electron chi connectivity index (χ3n) is 4.88. The lowest BCUT2D eigenvalue weighted by atomic mass is 10.0. The van der Waals surface area contributed by atoms with E-state index < -0.39 is 0 Å². The molecule has 2 aromatic carbocycles. The van der Waals surface area contributed by atoms with Crippen molar-refractivity contribution in [2.24, 2.45) is 0 Å². The second-order valence-electron chi connectivity index (χ2n) is 6.73. The molecule has 0 bridgehead atoms. The number of rotatable bonds is 7. The van der Waals surface area contributed by atoms with Gasteiger partial charge >= 0.3 is 0 Å². The number of hydrogen-bond donors (Lipinski definition) is 2. The molecular weight excluding hydrogens is 352 g/mol. The van der Waals surface area contributed by atoms with Crippen LogP contribution in [0.5, 0.6) is 11.5 Å². The number of hydrogen-bond acceptors (Lipinski definition) is 4. The van der Waals surface area contributed by atoms with Gasteiger partial charge in [0.15, 0.2) is 5.75 Å². The minimum atomic E-state index is -0.276. The number of aromatic hydroxyl groups is 1. The molecule has 1 heterocycles. The van der Waals surface area contributed by atoms with Crippen molar-refractivity contribution in [1.29, 1.82) is 0 Å². The maximum atomic E-state index is 12.8. The topological polar surface area (TPSA) is 65.6 Å². The quantitative estimate of drug-likeness (QED) is 0.616. The number of pyridine rings is 1. The Morgan fingerprint density at radius 3 is 2.36 bits per heavy atom. The molecule has 146 valence electrons. The second-order valence-corrected chi connectivity index (χ2v) is 6.73. The van der Waals surface area contributed by atoms with Gasteiger partial charge in [-0.25, -0.2) is 0 Å². The summed E-state index contributed by atoms with van der Waals surface area (Å²) in [5.41, 5.74) is 2.95. The van der Waals surface area contributed by atoms with E-state index in [0.29, 0.717) is 17.7 Å². The molecule has 0 saturated heterocycles. The van der Waals surface area contributed by atoms with Gasteiger partial charge in [-0.2, -0.15) is 0 Å². The highest BCUT2D eigenvalue weighted by atomic mass is 16.5. The third-order valence-corrected chi connectivity index (χ3v) is 4.88. The molecule has 5 nitrogen and oxygen atoms in total. The number of nitrogens with zero attached hydrogens (tertiary/aromatic N) is 1. The smallest absolute Gasteiger partial charge is 0.259 e. The van der Waals surface area contributed by atoms with Crippen LogP contribution in [0.25, 0.3) is 11.1 Å². The molecule has 28 heavy (non-hydrogen) atoms. The van der Waals surface area contributed by atoms with Gasteiger partial charge in [-0.3, -0.25) is 4.79 Å². The van der Waals surface area contributed by atoms with Gasteiger partial charge in [0.2, 0.25) is 0 Å². The van der Waals surface area contributed by atoms with Crippen molar-refractivity contribution in [3.8, 4) is 22.6 Å². The van der Waals surface area contributed by atoms with Crippen molar-refractivity contribution in [3.05, 3.63) is 70.6 Å². The highest BCUT2D eigenvalue weighted by molar-refractivity contribution is 5.81. The first kappa shape index (κ1) is 19.5. The largest absolute Gasteiger partial charge is 0.505 e. The molecule has 1 aromatic heterocycles. The van der Waals surface area contributed by atoms with E-state index in [0.717, 1.165) is 30.0 Å². The summed E-state index contributed by atoms with van der Waals surface area (Å²) in [5.74, 6) is 0.762. The molecule has 0 radical (unpaired) electrons. The van der Waals surface area contributed by atoms with Crippen molar-refractivity contribution in [1.82, 2.24) is 4.98 Å². The molecule has 2 N–H and O–H groups in total. The molecule has 3 aromatic rings. The van der Waals surface area contributed by atoms with Crippen LogP contribution in [0.15, 0.2) is 59.4 Å². The Morgan fingerprint density at radius 1 is 1.07 bits per heavy atom. The van der Waals surface area contributed by atoms with E-state index in [-0.39, 0.29) is 16.9 Å². The number of methoxy groups -OCH3 is 1. The fourth-order valence-electron chi connectivity index (χ4n) is 3.33. The minimum Gasteiger partial charge on any atom is -0.505 e. The SMILES string of the molecule is CCCCc1[nH]c(=O)c(-c2ccccc2)c(O)c1N(C)c1ccc(OC)cc1. The van der Waals surface area contributed by atoms with Crippen molar-refractivity contribution in [3.63, 3.8) is 0 Å². The third kappa shape index (κ3) is 3.88. The summed E-state index contributed by atoms with van der Waals surface area (Å²) in [4.78, 5) is 17.7. The number of aromatic amines is 1. The minimum absolute atomic E-state index is 0.000582. The number of aromatic nitrogens is 1. The molecule has 5 heteroatoms. The van der Waals surface area contributed by atoms with Gasteiger partial charge in [0.05, 0.1) is 12.7 Å². The van der Waals surface area contributed by atoms with Crippen LogP contribution in [0, 0.1) is 0 Å². The molecule has 0 aliphatic carbocycles. The number of unbranched alkanes of at least 4 members (excludes halogenated alkanes) is 1. The number of H-pyrrole nitrogens is 1. The summed E-state index contributed by atoms with van der Waals surface area (Å²) < 4.78 is 5.23. The molecule has 0 atom stereocenters. The predicted octanol–water partition coefficient (Wildman–Crippen LogP) is 4.87. The van der Waals surface area contributed by atoms with Crippen molar-refractivity contribution in [2.45, 2.75) is 26.2 Å². The zero-order valence-corrected chi connectivity index (χ0v) is 16.5. The Labute approximate surface area is 165 Å². The zero-order chi connectivity index (χ0) is 20.1. The molecule has 0 aliphatic rings. The average molecular weight is 378 g/mol. The summed E-state index contributed by atoms with van der Waals surface area (Å²) in [7, 11) is 3.51. The molecule has 0 spiro atoms. The lowest BCUT2D eigenvalue weighted by molar-refractivity contribution is 0.415. The Bertz CT molecular complexity index is 979. The molecule has 0 saturated carbocycles. The number of ether oxygens (including phenoxy) is 1. The predicted molar refractivity (Wildman–Crippen MR) is 114 cm³/mol. The number of benzene rings is 2. The molecule has 0 fully saturated rings. The van der Waals surface area contributed by atoms with Crippen LogP contribution in [0.1, 0.15) is 25.5 Å². The van der Waals surface area contributed by atoms with E-state index in [4.69, 9.17) is 4.74 Å². The van der Waals surface area contributed by atoms with Gasteiger partial charge in [0, 0.05) is 18.4 Å². The van der Waals surface area contributed by atoms with Gasteiger partial charge in [-0.15, -0.1) is 0 Å². The van der Waals surface area contributed by atoms with Gasteiger partial charge in [-0.1, -0.05) is 43.7 Å². The second kappa shape index (κ2) is 8.65.